The number of phenols is 1. The van der Waals surface area contributed by atoms with Gasteiger partial charge in [0.1, 0.15) is 29.7 Å². The molecule has 0 fully saturated rings. The third-order valence-corrected chi connectivity index (χ3v) is 5.00. The molecule has 0 aliphatic rings. The van der Waals surface area contributed by atoms with E-state index in [-0.39, 0.29) is 23.5 Å². The van der Waals surface area contributed by atoms with Gasteiger partial charge in [-0.25, -0.2) is 4.98 Å². The maximum atomic E-state index is 12.0. The van der Waals surface area contributed by atoms with Crippen molar-refractivity contribution in [1.82, 2.24) is 9.55 Å². The minimum atomic E-state index is -0.738. The van der Waals surface area contributed by atoms with Crippen molar-refractivity contribution in [2.45, 2.75) is 25.9 Å². The molecule has 2 aromatic carbocycles. The van der Waals surface area contributed by atoms with Gasteiger partial charge in [0.15, 0.2) is 0 Å². The number of nitrogens with two attached hydrogens (primary N) is 1. The molecule has 33 heavy (non-hydrogen) atoms. The predicted octanol–water partition coefficient (Wildman–Crippen LogP) is 2.16. The average Bonchev–Trinajstić information content (AvgIpc) is 2.79. The van der Waals surface area contributed by atoms with E-state index in [1.807, 2.05) is 12.1 Å². The van der Waals surface area contributed by atoms with Gasteiger partial charge in [-0.15, -0.1) is 0 Å². The summed E-state index contributed by atoms with van der Waals surface area (Å²) < 4.78 is 12.7. The molecule has 1 aromatic heterocycles. The Morgan fingerprint density at radius 3 is 2.52 bits per heavy atom. The molecule has 1 unspecified atom stereocenters. The number of ether oxygens (including phenoxy) is 2. The van der Waals surface area contributed by atoms with Crippen molar-refractivity contribution in [2.75, 3.05) is 13.2 Å². The number of hydrogen-bond donors (Lipinski definition) is 3. The Morgan fingerprint density at radius 2 is 1.82 bits per heavy atom. The molecule has 0 spiro atoms. The Hall–Kier alpha value is -3.85. The number of carbonyl (C=O) groups excluding carboxylic acids is 1. The lowest BCUT2D eigenvalue weighted by Crippen LogP contribution is -2.19. The fourth-order valence-electron chi connectivity index (χ4n) is 3.20. The highest BCUT2D eigenvalue weighted by molar-refractivity contribution is 5.95. The monoisotopic (exact) mass is 453 g/mol. The van der Waals surface area contributed by atoms with E-state index in [4.69, 9.17) is 15.2 Å². The van der Waals surface area contributed by atoms with E-state index in [9.17, 15) is 19.8 Å². The van der Waals surface area contributed by atoms with Crippen LogP contribution in [-0.2, 0) is 7.05 Å². The highest BCUT2D eigenvalue weighted by atomic mass is 16.5. The molecule has 0 saturated heterocycles. The van der Waals surface area contributed by atoms with Gasteiger partial charge in [-0.05, 0) is 62.2 Å². The number of aryl methyl sites for hydroxylation is 1. The summed E-state index contributed by atoms with van der Waals surface area (Å²) in [6, 6.07) is 12.9. The summed E-state index contributed by atoms with van der Waals surface area (Å²) >= 11 is 0. The number of carbonyl (C=O) groups is 1. The number of rotatable bonds is 10. The Balaban J connectivity index is 1.45. The molecule has 0 bridgehead atoms. The van der Waals surface area contributed by atoms with Crippen molar-refractivity contribution in [3.8, 4) is 28.6 Å². The largest absolute Gasteiger partial charge is 0.507 e. The number of primary amides is 1. The van der Waals surface area contributed by atoms with Crippen LogP contribution >= 0.6 is 0 Å². The number of aliphatic hydroxyl groups excluding tert-OH is 1. The van der Waals surface area contributed by atoms with E-state index in [1.165, 1.54) is 28.8 Å². The van der Waals surface area contributed by atoms with Crippen LogP contribution in [0.15, 0.2) is 53.3 Å². The van der Waals surface area contributed by atoms with Crippen molar-refractivity contribution < 1.29 is 24.5 Å². The molecular weight excluding hydrogens is 426 g/mol. The SMILES string of the molecule is Cc1cc(=O)n(C)c(-c2ccc(OCC(O)CCCOc3ccc(O)c(C(N)=O)c3)cc2)n1. The third-order valence-electron chi connectivity index (χ3n) is 5.00. The van der Waals surface area contributed by atoms with E-state index < -0.39 is 12.0 Å². The number of aromatic hydroxyl groups is 1. The lowest BCUT2D eigenvalue weighted by Gasteiger charge is -2.14. The Bertz CT molecular complexity index is 1170. The van der Waals surface area contributed by atoms with Crippen molar-refractivity contribution in [3.63, 3.8) is 0 Å². The van der Waals surface area contributed by atoms with E-state index in [0.717, 1.165) is 5.56 Å². The molecule has 174 valence electrons. The summed E-state index contributed by atoms with van der Waals surface area (Å²) in [5.41, 5.74) is 6.51. The van der Waals surface area contributed by atoms with Gasteiger partial charge in [-0.2, -0.15) is 0 Å². The van der Waals surface area contributed by atoms with Crippen LogP contribution in [0.3, 0.4) is 0 Å². The first-order chi connectivity index (χ1) is 15.7. The molecule has 0 saturated carbocycles. The van der Waals surface area contributed by atoms with E-state index in [1.54, 1.807) is 26.1 Å². The second-order valence-corrected chi connectivity index (χ2v) is 7.64. The molecule has 1 amide bonds. The number of benzene rings is 2. The van der Waals surface area contributed by atoms with E-state index in [0.29, 0.717) is 42.5 Å². The zero-order chi connectivity index (χ0) is 24.0. The average molecular weight is 453 g/mol. The number of aromatic nitrogens is 2. The zero-order valence-corrected chi connectivity index (χ0v) is 18.5. The first-order valence-corrected chi connectivity index (χ1v) is 10.5. The van der Waals surface area contributed by atoms with Crippen molar-refractivity contribution >= 4 is 5.91 Å². The van der Waals surface area contributed by atoms with Crippen LogP contribution in [0, 0.1) is 6.92 Å². The van der Waals surface area contributed by atoms with E-state index in [2.05, 4.69) is 4.98 Å². The molecular formula is C24H27N3O6. The van der Waals surface area contributed by atoms with E-state index >= 15 is 0 Å². The minimum Gasteiger partial charge on any atom is -0.507 e. The van der Waals surface area contributed by atoms with Crippen LogP contribution in [0.25, 0.3) is 11.4 Å². The molecule has 3 rings (SSSR count). The summed E-state index contributed by atoms with van der Waals surface area (Å²) in [4.78, 5) is 27.6. The minimum absolute atomic E-state index is 0.00708. The normalized spacial score (nSPS) is 11.7. The lowest BCUT2D eigenvalue weighted by atomic mass is 10.2. The molecule has 9 heteroatoms. The standard InChI is InChI=1S/C24H27N3O6/c1-15-12-22(30)27(2)24(26-15)16-5-7-18(8-6-16)33-14-17(28)4-3-11-32-19-9-10-21(29)20(13-19)23(25)31/h5-10,12-13,17,28-29H,3-4,11,14H2,1-2H3,(H2,25,31). The topological polar surface area (TPSA) is 137 Å². The van der Waals surface area contributed by atoms with Crippen molar-refractivity contribution in [2.24, 2.45) is 12.8 Å². The third kappa shape index (κ3) is 6.33. The summed E-state index contributed by atoms with van der Waals surface area (Å²) in [5.74, 6) is 0.637. The maximum absolute atomic E-state index is 12.0. The highest BCUT2D eigenvalue weighted by Crippen LogP contribution is 2.23. The first kappa shape index (κ1) is 23.8. The van der Waals surface area contributed by atoms with Crippen LogP contribution in [0.1, 0.15) is 28.9 Å². The molecule has 1 atom stereocenters. The fourth-order valence-corrected chi connectivity index (χ4v) is 3.20. The second kappa shape index (κ2) is 10.6. The first-order valence-electron chi connectivity index (χ1n) is 10.5. The van der Waals surface area contributed by atoms with Crippen molar-refractivity contribution in [1.29, 1.82) is 0 Å². The van der Waals surface area contributed by atoms with Gasteiger partial charge in [-0.1, -0.05) is 0 Å². The smallest absolute Gasteiger partial charge is 0.253 e. The van der Waals surface area contributed by atoms with Crippen LogP contribution in [0.5, 0.6) is 17.2 Å². The molecule has 0 aliphatic carbocycles. The Labute approximate surface area is 191 Å². The lowest BCUT2D eigenvalue weighted by molar-refractivity contribution is 0.0938. The molecule has 0 aliphatic heterocycles. The summed E-state index contributed by atoms with van der Waals surface area (Å²) in [6.07, 6.45) is 0.325. The van der Waals surface area contributed by atoms with Crippen LogP contribution in [0.2, 0.25) is 0 Å². The highest BCUT2D eigenvalue weighted by Gasteiger charge is 2.11. The molecule has 9 nitrogen and oxygen atoms in total. The Kier molecular flexibility index (Phi) is 7.68. The number of hydrogen-bond acceptors (Lipinski definition) is 7. The van der Waals surface area contributed by atoms with Gasteiger partial charge in [0.05, 0.1) is 18.3 Å². The summed E-state index contributed by atoms with van der Waals surface area (Å²) in [7, 11) is 1.67. The summed E-state index contributed by atoms with van der Waals surface area (Å²) in [6.45, 7) is 2.21. The van der Waals surface area contributed by atoms with Gasteiger partial charge in [0.25, 0.3) is 11.5 Å². The van der Waals surface area contributed by atoms with Crippen molar-refractivity contribution in [3.05, 3.63) is 70.1 Å². The molecule has 1 heterocycles. The number of nitrogens with zero attached hydrogens (tertiary/aromatic N) is 2. The zero-order valence-electron chi connectivity index (χ0n) is 18.5. The van der Waals surface area contributed by atoms with Crippen LogP contribution in [-0.4, -0.2) is 45.0 Å². The van der Waals surface area contributed by atoms with Gasteiger partial charge < -0.3 is 25.4 Å². The van der Waals surface area contributed by atoms with Crippen LogP contribution in [0.4, 0.5) is 0 Å². The second-order valence-electron chi connectivity index (χ2n) is 7.64. The maximum Gasteiger partial charge on any atom is 0.253 e. The predicted molar refractivity (Wildman–Crippen MR) is 123 cm³/mol. The number of aliphatic hydroxyl groups is 1. The number of amides is 1. The van der Waals surface area contributed by atoms with Crippen LogP contribution < -0.4 is 20.8 Å². The van der Waals surface area contributed by atoms with Gasteiger partial charge in [0, 0.05) is 24.4 Å². The summed E-state index contributed by atoms with van der Waals surface area (Å²) in [5, 5.41) is 19.8. The van der Waals surface area contributed by atoms with Gasteiger partial charge >= 0.3 is 0 Å². The quantitative estimate of drug-likeness (QED) is 0.400. The van der Waals surface area contributed by atoms with Gasteiger partial charge in [0.2, 0.25) is 0 Å². The molecule has 0 radical (unpaired) electrons. The Morgan fingerprint density at radius 1 is 1.12 bits per heavy atom. The molecule has 3 aromatic rings. The fraction of sp³-hybridized carbons (Fsp3) is 0.292. The molecule has 4 N–H and O–H groups in total. The van der Waals surface area contributed by atoms with Gasteiger partial charge in [-0.3, -0.25) is 14.2 Å².